The number of para-hydroxylation sites is 3. The van der Waals surface area contributed by atoms with E-state index in [-0.39, 0.29) is 18.7 Å². The van der Waals surface area contributed by atoms with Crippen LogP contribution in [0.2, 0.25) is 0 Å². The van der Waals surface area contributed by atoms with Crippen molar-refractivity contribution in [2.75, 3.05) is 0 Å². The Hall–Kier alpha value is -5.20. The zero-order valence-corrected chi connectivity index (χ0v) is 24.5. The molecule has 1 aromatic heterocycles. The van der Waals surface area contributed by atoms with E-state index in [0.717, 1.165) is 84.1 Å². The molecule has 5 aromatic rings. The Bertz CT molecular complexity index is 2120. The number of aromatic nitrogens is 1. The summed E-state index contributed by atoms with van der Waals surface area (Å²) >= 11 is 0. The second kappa shape index (κ2) is 10.2. The Balaban J connectivity index is 1.37. The van der Waals surface area contributed by atoms with Crippen LogP contribution in [0.4, 0.5) is 0 Å². The highest BCUT2D eigenvalue weighted by Gasteiger charge is 2.40. The lowest BCUT2D eigenvalue weighted by Gasteiger charge is -2.33. The summed E-state index contributed by atoms with van der Waals surface area (Å²) in [4.78, 5) is 0. The Morgan fingerprint density at radius 3 is 2.20 bits per heavy atom. The van der Waals surface area contributed by atoms with E-state index >= 15 is 0 Å². The first kappa shape index (κ1) is 26.4. The third-order valence-corrected chi connectivity index (χ3v) is 9.29. The third kappa shape index (κ3) is 3.99. The Labute approximate surface area is 256 Å². The summed E-state index contributed by atoms with van der Waals surface area (Å²) < 4.78 is 15.5. The number of nitrogens with zero attached hydrogens (tertiary/aromatic N) is 1. The molecule has 3 aliphatic rings. The Morgan fingerprint density at radius 2 is 1.55 bits per heavy atom. The van der Waals surface area contributed by atoms with Crippen molar-refractivity contribution in [2.24, 2.45) is 17.4 Å². The first-order valence-corrected chi connectivity index (χ1v) is 15.1. The van der Waals surface area contributed by atoms with Crippen molar-refractivity contribution >= 4 is 45.8 Å². The van der Waals surface area contributed by atoms with Crippen LogP contribution in [0.25, 0.3) is 28.4 Å². The zero-order chi connectivity index (χ0) is 29.9. The maximum atomic E-state index is 6.98. The van der Waals surface area contributed by atoms with Crippen molar-refractivity contribution in [1.29, 1.82) is 0 Å². The first-order valence-electron chi connectivity index (χ1n) is 15.1. The summed E-state index contributed by atoms with van der Waals surface area (Å²) in [6.45, 7) is 6.39. The average molecular weight is 574 g/mol. The molecule has 8 rings (SSSR count). The molecule has 0 saturated heterocycles. The van der Waals surface area contributed by atoms with Crippen LogP contribution in [0.15, 0.2) is 121 Å². The standard InChI is InChI=1S/C38H32BN3O2/c1-23-11-3-4-12-25(23)19-31(41)24(2)38-28(22-40)27-13-5-8-16-32(27)42(38)26-20-35-37-36(21-26)44-34-18-10-7-15-30(34)39(37)29-14-6-9-17-33(29)43-35/h3-18,20-22,25,31H,1,19,40-41H2,2H3/b28-22-,38-24+. The van der Waals surface area contributed by atoms with Crippen molar-refractivity contribution < 1.29 is 9.47 Å². The monoisotopic (exact) mass is 573 g/mol. The Morgan fingerprint density at radius 1 is 0.909 bits per heavy atom. The van der Waals surface area contributed by atoms with Gasteiger partial charge in [0.2, 0.25) is 0 Å². The lowest BCUT2D eigenvalue weighted by molar-refractivity contribution is 0.464. The highest BCUT2D eigenvalue weighted by Crippen LogP contribution is 2.36. The van der Waals surface area contributed by atoms with E-state index in [1.165, 1.54) is 0 Å². The van der Waals surface area contributed by atoms with Crippen LogP contribution in [0, 0.1) is 5.92 Å². The highest BCUT2D eigenvalue weighted by molar-refractivity contribution is 6.98. The van der Waals surface area contributed by atoms with Crippen molar-refractivity contribution in [3.63, 3.8) is 0 Å². The fourth-order valence-electron chi connectivity index (χ4n) is 7.08. The SMILES string of the molecule is C=C1C=CC=CC1CC(N)/C(C)=c1\c(=C/N)c2ccccc2n1-c1cc2c3c(c1)Oc1ccccc1B3c1ccccc1O2. The summed E-state index contributed by atoms with van der Waals surface area (Å²) in [7, 11) is 0. The van der Waals surface area contributed by atoms with Gasteiger partial charge in [0.15, 0.2) is 0 Å². The third-order valence-electron chi connectivity index (χ3n) is 9.29. The van der Waals surface area contributed by atoms with Gasteiger partial charge in [0.1, 0.15) is 23.0 Å². The van der Waals surface area contributed by atoms with Crippen molar-refractivity contribution in [2.45, 2.75) is 19.4 Å². The molecular formula is C38H32BN3O2. The van der Waals surface area contributed by atoms with Gasteiger partial charge in [-0.2, -0.15) is 0 Å². The molecule has 44 heavy (non-hydrogen) atoms. The van der Waals surface area contributed by atoms with E-state index in [1.54, 1.807) is 6.20 Å². The topological polar surface area (TPSA) is 75.4 Å². The smallest absolute Gasteiger partial charge is 0.260 e. The van der Waals surface area contributed by atoms with Gasteiger partial charge >= 0.3 is 0 Å². The normalized spacial score (nSPS) is 17.9. The summed E-state index contributed by atoms with van der Waals surface area (Å²) in [5.74, 6) is 3.47. The molecule has 0 fully saturated rings. The van der Waals surface area contributed by atoms with Gasteiger partial charge in [-0.25, -0.2) is 0 Å². The first-order chi connectivity index (χ1) is 21.5. The zero-order valence-electron chi connectivity index (χ0n) is 24.5. The van der Waals surface area contributed by atoms with Gasteiger partial charge < -0.3 is 25.5 Å². The van der Waals surface area contributed by atoms with Gasteiger partial charge in [-0.15, -0.1) is 0 Å². The second-order valence-electron chi connectivity index (χ2n) is 11.8. The van der Waals surface area contributed by atoms with Gasteiger partial charge in [0.05, 0.1) is 16.6 Å². The maximum absolute atomic E-state index is 6.98. The van der Waals surface area contributed by atoms with Crippen LogP contribution in [0.5, 0.6) is 23.0 Å². The maximum Gasteiger partial charge on any atom is 0.260 e. The van der Waals surface area contributed by atoms with Crippen LogP contribution >= 0.6 is 0 Å². The number of fused-ring (bicyclic) bond motifs is 5. The summed E-state index contributed by atoms with van der Waals surface area (Å²) in [6, 6.07) is 28.9. The molecule has 3 heterocycles. The van der Waals surface area contributed by atoms with Gasteiger partial charge in [0.25, 0.3) is 6.71 Å². The van der Waals surface area contributed by atoms with Crippen LogP contribution in [0.3, 0.4) is 0 Å². The second-order valence-corrected chi connectivity index (χ2v) is 11.8. The van der Waals surface area contributed by atoms with Crippen LogP contribution in [0.1, 0.15) is 13.3 Å². The van der Waals surface area contributed by atoms with E-state index in [0.29, 0.717) is 0 Å². The molecule has 2 atom stereocenters. The van der Waals surface area contributed by atoms with Gasteiger partial charge in [0, 0.05) is 46.4 Å². The van der Waals surface area contributed by atoms with Crippen molar-refractivity contribution in [1.82, 2.24) is 4.57 Å². The van der Waals surface area contributed by atoms with Crippen LogP contribution in [-0.4, -0.2) is 17.3 Å². The van der Waals surface area contributed by atoms with Gasteiger partial charge in [-0.05, 0) is 53.6 Å². The molecule has 6 heteroatoms. The van der Waals surface area contributed by atoms with E-state index in [4.69, 9.17) is 20.9 Å². The predicted octanol–water partition coefficient (Wildman–Crippen LogP) is 4.24. The molecule has 0 bridgehead atoms. The van der Waals surface area contributed by atoms with Crippen molar-refractivity contribution in [3.8, 4) is 28.7 Å². The lowest BCUT2D eigenvalue weighted by atomic mass is 9.35. The predicted molar refractivity (Wildman–Crippen MR) is 181 cm³/mol. The molecule has 0 spiro atoms. The summed E-state index contributed by atoms with van der Waals surface area (Å²) in [5.41, 5.74) is 20.8. The quantitative estimate of drug-likeness (QED) is 0.309. The minimum Gasteiger partial charge on any atom is -0.458 e. The highest BCUT2D eigenvalue weighted by atomic mass is 16.5. The van der Waals surface area contributed by atoms with E-state index in [9.17, 15) is 0 Å². The number of hydrogen-bond acceptors (Lipinski definition) is 4. The molecule has 1 aliphatic carbocycles. The van der Waals surface area contributed by atoms with E-state index < -0.39 is 0 Å². The molecular weight excluding hydrogens is 541 g/mol. The minimum absolute atomic E-state index is 0.0187. The van der Waals surface area contributed by atoms with Gasteiger partial charge in [-0.3, -0.25) is 0 Å². The van der Waals surface area contributed by atoms with E-state index in [1.807, 2.05) is 36.4 Å². The molecule has 4 N–H and O–H groups in total. The largest absolute Gasteiger partial charge is 0.458 e. The number of nitrogens with two attached hydrogens (primary N) is 2. The summed E-state index contributed by atoms with van der Waals surface area (Å²) in [6.07, 6.45) is 10.8. The van der Waals surface area contributed by atoms with E-state index in [2.05, 4.69) is 90.9 Å². The number of allylic oxidation sites excluding steroid dienone is 5. The molecule has 0 saturated carbocycles. The number of benzene rings is 4. The fourth-order valence-corrected chi connectivity index (χ4v) is 7.08. The molecule has 0 radical (unpaired) electrons. The van der Waals surface area contributed by atoms with Crippen LogP contribution < -0.4 is 47.9 Å². The number of hydrogen-bond donors (Lipinski definition) is 2. The molecule has 4 aromatic carbocycles. The molecule has 2 aliphatic heterocycles. The van der Waals surface area contributed by atoms with Gasteiger partial charge in [-0.1, -0.05) is 85.5 Å². The van der Waals surface area contributed by atoms with Crippen LogP contribution in [-0.2, 0) is 0 Å². The fraction of sp³-hybridized carbons (Fsp3) is 0.105. The number of rotatable bonds is 4. The molecule has 214 valence electrons. The van der Waals surface area contributed by atoms with Crippen molar-refractivity contribution in [3.05, 3.63) is 132 Å². The molecule has 0 amide bonds. The molecule has 5 nitrogen and oxygen atoms in total. The lowest BCUT2D eigenvalue weighted by Crippen LogP contribution is -2.57. The average Bonchev–Trinajstić information content (AvgIpc) is 3.39. The number of ether oxygens (including phenoxy) is 2. The Kier molecular flexibility index (Phi) is 6.14. The summed E-state index contributed by atoms with van der Waals surface area (Å²) in [5, 5.41) is 3.00. The minimum atomic E-state index is -0.221. The molecule has 2 unspecified atom stereocenters.